The van der Waals surface area contributed by atoms with Gasteiger partial charge >= 0.3 is 0 Å². The van der Waals surface area contributed by atoms with E-state index >= 15 is 0 Å². The lowest BCUT2D eigenvalue weighted by Gasteiger charge is -2.27. The van der Waals surface area contributed by atoms with E-state index in [0.29, 0.717) is 0 Å². The Hall–Kier alpha value is -6.58. The van der Waals surface area contributed by atoms with Gasteiger partial charge in [0, 0.05) is 43.7 Å². The maximum absolute atomic E-state index is 6.67. The zero-order valence-corrected chi connectivity index (χ0v) is 26.5. The van der Waals surface area contributed by atoms with Crippen molar-refractivity contribution in [2.45, 2.75) is 0 Å². The molecule has 0 bridgehead atoms. The topological polar surface area (TPSA) is 29.5 Å². The van der Waals surface area contributed by atoms with E-state index in [2.05, 4.69) is 157 Å². The van der Waals surface area contributed by atoms with Crippen molar-refractivity contribution < 1.29 is 8.83 Å². The third kappa shape index (κ3) is 4.44. The third-order valence-electron chi connectivity index (χ3n) is 9.66. The molecular formula is C46H29NO2. The standard InChI is InChI=1S/C46H29NO2/c1-3-12-30(13-4-1)32-24-27-37-40-29-41(36-16-7-8-17-38(36)46(40)49-44(37)28-32)47(33-14-5-2-6-15-33)34-25-22-31(23-26-34)35-19-11-21-43-45(35)39-18-9-10-20-42(39)48-43/h1-29H. The molecule has 0 N–H and O–H groups in total. The highest BCUT2D eigenvalue weighted by Crippen LogP contribution is 2.45. The number of rotatable bonds is 5. The minimum atomic E-state index is 0.884. The zero-order chi connectivity index (χ0) is 32.3. The highest BCUT2D eigenvalue weighted by Gasteiger charge is 2.21. The maximum Gasteiger partial charge on any atom is 0.143 e. The van der Waals surface area contributed by atoms with Gasteiger partial charge in [0.05, 0.1) is 5.69 Å². The van der Waals surface area contributed by atoms with Crippen LogP contribution in [0.5, 0.6) is 0 Å². The smallest absolute Gasteiger partial charge is 0.143 e. The van der Waals surface area contributed by atoms with Gasteiger partial charge in [-0.25, -0.2) is 0 Å². The summed E-state index contributed by atoms with van der Waals surface area (Å²) in [7, 11) is 0. The van der Waals surface area contributed by atoms with Crippen LogP contribution in [0.25, 0.3) is 76.9 Å². The van der Waals surface area contributed by atoms with Crippen molar-refractivity contribution in [3.63, 3.8) is 0 Å². The molecule has 10 aromatic rings. The largest absolute Gasteiger partial charge is 0.456 e. The fourth-order valence-electron chi connectivity index (χ4n) is 7.38. The Morgan fingerprint density at radius 3 is 1.82 bits per heavy atom. The van der Waals surface area contributed by atoms with Gasteiger partial charge in [0.15, 0.2) is 0 Å². The Morgan fingerprint density at radius 2 is 1.00 bits per heavy atom. The zero-order valence-electron chi connectivity index (χ0n) is 26.5. The number of furan rings is 2. The van der Waals surface area contributed by atoms with Gasteiger partial charge in [0.25, 0.3) is 0 Å². The van der Waals surface area contributed by atoms with E-state index in [-0.39, 0.29) is 0 Å². The van der Waals surface area contributed by atoms with Crippen LogP contribution in [0.15, 0.2) is 185 Å². The monoisotopic (exact) mass is 627 g/mol. The van der Waals surface area contributed by atoms with Gasteiger partial charge in [-0.1, -0.05) is 121 Å². The number of fused-ring (bicyclic) bond motifs is 8. The summed E-state index contributed by atoms with van der Waals surface area (Å²) in [5.41, 5.74) is 11.5. The van der Waals surface area contributed by atoms with Crippen molar-refractivity contribution in [1.82, 2.24) is 0 Å². The Morgan fingerprint density at radius 1 is 0.347 bits per heavy atom. The summed E-state index contributed by atoms with van der Waals surface area (Å²) in [5.74, 6) is 0. The summed E-state index contributed by atoms with van der Waals surface area (Å²) in [6.45, 7) is 0. The Labute approximate surface area is 282 Å². The summed E-state index contributed by atoms with van der Waals surface area (Å²) < 4.78 is 12.9. The molecule has 0 saturated heterocycles. The predicted octanol–water partition coefficient (Wildman–Crippen LogP) is 13.4. The molecule has 0 aliphatic rings. The van der Waals surface area contributed by atoms with Crippen molar-refractivity contribution >= 4 is 71.7 Å². The molecule has 0 amide bonds. The van der Waals surface area contributed by atoms with Crippen LogP contribution >= 0.6 is 0 Å². The number of nitrogens with zero attached hydrogens (tertiary/aromatic N) is 1. The number of benzene rings is 8. The van der Waals surface area contributed by atoms with Crippen molar-refractivity contribution in [2.24, 2.45) is 0 Å². The SMILES string of the molecule is c1ccc(-c2ccc3c(c2)oc2c4ccccc4c(N(c4ccccc4)c4ccc(-c5cccc6oc7ccccc7c56)cc4)cc32)cc1. The van der Waals surface area contributed by atoms with Crippen molar-refractivity contribution in [3.05, 3.63) is 176 Å². The molecule has 230 valence electrons. The van der Waals surface area contributed by atoms with E-state index < -0.39 is 0 Å². The first-order valence-corrected chi connectivity index (χ1v) is 16.6. The molecular weight excluding hydrogens is 599 g/mol. The molecule has 0 saturated carbocycles. The van der Waals surface area contributed by atoms with Gasteiger partial charge in [-0.3, -0.25) is 0 Å². The first-order chi connectivity index (χ1) is 24.3. The average Bonchev–Trinajstić information content (AvgIpc) is 3.74. The summed E-state index contributed by atoms with van der Waals surface area (Å²) >= 11 is 0. The van der Waals surface area contributed by atoms with Crippen LogP contribution in [0.3, 0.4) is 0 Å². The van der Waals surface area contributed by atoms with E-state index in [0.717, 1.165) is 88.4 Å². The second kappa shape index (κ2) is 11.0. The van der Waals surface area contributed by atoms with Gasteiger partial charge < -0.3 is 13.7 Å². The number of para-hydroxylation sites is 2. The fraction of sp³-hybridized carbons (Fsp3) is 0. The molecule has 3 nitrogen and oxygen atoms in total. The highest BCUT2D eigenvalue weighted by molar-refractivity contribution is 6.20. The lowest BCUT2D eigenvalue weighted by atomic mass is 9.98. The van der Waals surface area contributed by atoms with Gasteiger partial charge in [0.2, 0.25) is 0 Å². The van der Waals surface area contributed by atoms with E-state index in [1.807, 2.05) is 24.3 Å². The quantitative estimate of drug-likeness (QED) is 0.190. The van der Waals surface area contributed by atoms with Gasteiger partial charge in [-0.15, -0.1) is 0 Å². The van der Waals surface area contributed by atoms with Crippen molar-refractivity contribution in [1.29, 1.82) is 0 Å². The first kappa shape index (κ1) is 27.5. The van der Waals surface area contributed by atoms with Gasteiger partial charge in [-0.05, 0) is 76.9 Å². The first-order valence-electron chi connectivity index (χ1n) is 16.6. The van der Waals surface area contributed by atoms with Crippen LogP contribution in [0.4, 0.5) is 17.1 Å². The number of anilines is 3. The van der Waals surface area contributed by atoms with Crippen molar-refractivity contribution in [2.75, 3.05) is 4.90 Å². The van der Waals surface area contributed by atoms with E-state index in [4.69, 9.17) is 8.83 Å². The third-order valence-corrected chi connectivity index (χ3v) is 9.66. The van der Waals surface area contributed by atoms with E-state index in [9.17, 15) is 0 Å². The van der Waals surface area contributed by atoms with Crippen LogP contribution in [0.2, 0.25) is 0 Å². The predicted molar refractivity (Wildman–Crippen MR) is 204 cm³/mol. The van der Waals surface area contributed by atoms with E-state index in [1.165, 1.54) is 5.56 Å². The molecule has 8 aromatic carbocycles. The van der Waals surface area contributed by atoms with Gasteiger partial charge in [-0.2, -0.15) is 0 Å². The molecule has 0 spiro atoms. The summed E-state index contributed by atoms with van der Waals surface area (Å²) in [6.07, 6.45) is 0. The molecule has 0 aliphatic heterocycles. The lowest BCUT2D eigenvalue weighted by Crippen LogP contribution is -2.10. The molecule has 2 heterocycles. The second-order valence-electron chi connectivity index (χ2n) is 12.5. The normalized spacial score (nSPS) is 11.7. The molecule has 0 atom stereocenters. The summed E-state index contributed by atoms with van der Waals surface area (Å²) in [4.78, 5) is 2.36. The number of hydrogen-bond acceptors (Lipinski definition) is 3. The molecule has 10 rings (SSSR count). The Balaban J connectivity index is 1.16. The number of hydrogen-bond donors (Lipinski definition) is 0. The summed E-state index contributed by atoms with van der Waals surface area (Å²) in [6, 6.07) is 62.0. The van der Waals surface area contributed by atoms with Crippen molar-refractivity contribution in [3.8, 4) is 22.3 Å². The lowest BCUT2D eigenvalue weighted by molar-refractivity contribution is 0.669. The van der Waals surface area contributed by atoms with Crippen LogP contribution in [-0.4, -0.2) is 0 Å². The Kier molecular flexibility index (Phi) is 6.18. The molecule has 3 heteroatoms. The molecule has 0 aliphatic carbocycles. The average molecular weight is 628 g/mol. The minimum Gasteiger partial charge on any atom is -0.456 e. The van der Waals surface area contributed by atoms with Crippen LogP contribution < -0.4 is 4.90 Å². The molecule has 49 heavy (non-hydrogen) atoms. The maximum atomic E-state index is 6.67. The van der Waals surface area contributed by atoms with Crippen LogP contribution in [0, 0.1) is 0 Å². The van der Waals surface area contributed by atoms with Crippen LogP contribution in [-0.2, 0) is 0 Å². The van der Waals surface area contributed by atoms with E-state index in [1.54, 1.807) is 0 Å². The minimum absolute atomic E-state index is 0.884. The van der Waals surface area contributed by atoms with Gasteiger partial charge in [0.1, 0.15) is 22.3 Å². The molecule has 2 aromatic heterocycles. The molecule has 0 unspecified atom stereocenters. The Bertz CT molecular complexity index is 2810. The molecule has 0 fully saturated rings. The highest BCUT2D eigenvalue weighted by atomic mass is 16.3. The molecule has 0 radical (unpaired) electrons. The fourth-order valence-corrected chi connectivity index (χ4v) is 7.38. The van der Waals surface area contributed by atoms with Crippen LogP contribution in [0.1, 0.15) is 0 Å². The second-order valence-corrected chi connectivity index (χ2v) is 12.5. The summed E-state index contributed by atoms with van der Waals surface area (Å²) in [5, 5.41) is 6.68.